The molecule has 4 atom stereocenters. The number of nitrogens with one attached hydrogen (secondary N) is 1. The standard InChI is InChI=1S/C13H20N2O5S/c1-3-21-9-4-10(20-8(6-16)11(9)17)15-5-7(2)12(18)14-13(15)19/h5,8-11,16-17H,3-4,6H2,1-2H3,(H,14,18,19)/t8-,9-,10?,11-/m1/s1. The Hall–Kier alpha value is -1.09. The fourth-order valence-corrected chi connectivity index (χ4v) is 3.53. The molecule has 0 aromatic carbocycles. The van der Waals surface area contributed by atoms with Crippen molar-refractivity contribution in [3.63, 3.8) is 0 Å². The van der Waals surface area contributed by atoms with E-state index in [-0.39, 0.29) is 11.9 Å². The summed E-state index contributed by atoms with van der Waals surface area (Å²) in [6.07, 6.45) is -0.256. The molecule has 1 aliphatic rings. The molecule has 0 aliphatic carbocycles. The van der Waals surface area contributed by atoms with Crippen molar-refractivity contribution in [2.45, 2.75) is 44.0 Å². The number of nitrogens with zero attached hydrogens (tertiary/aromatic N) is 1. The smallest absolute Gasteiger partial charge is 0.330 e. The highest BCUT2D eigenvalue weighted by atomic mass is 32.2. The van der Waals surface area contributed by atoms with E-state index >= 15 is 0 Å². The summed E-state index contributed by atoms with van der Waals surface area (Å²) in [5, 5.41) is 19.3. The summed E-state index contributed by atoms with van der Waals surface area (Å²) in [5.41, 5.74) is -0.571. The van der Waals surface area contributed by atoms with E-state index in [1.807, 2.05) is 6.92 Å². The number of thioether (sulfide) groups is 1. The van der Waals surface area contributed by atoms with Crippen LogP contribution in [-0.2, 0) is 4.74 Å². The number of H-pyrrole nitrogens is 1. The fourth-order valence-electron chi connectivity index (χ4n) is 2.43. The Balaban J connectivity index is 2.33. The summed E-state index contributed by atoms with van der Waals surface area (Å²) >= 11 is 1.56. The molecule has 0 spiro atoms. The molecule has 3 N–H and O–H groups in total. The first-order valence-electron chi connectivity index (χ1n) is 6.86. The Labute approximate surface area is 126 Å². The zero-order chi connectivity index (χ0) is 15.6. The molecule has 8 heteroatoms. The third-order valence-corrected chi connectivity index (χ3v) is 4.78. The van der Waals surface area contributed by atoms with Gasteiger partial charge in [0.25, 0.3) is 5.56 Å². The van der Waals surface area contributed by atoms with Crippen molar-refractivity contribution < 1.29 is 14.9 Å². The number of hydrogen-bond acceptors (Lipinski definition) is 6. The third kappa shape index (κ3) is 3.39. The minimum absolute atomic E-state index is 0.134. The first-order valence-corrected chi connectivity index (χ1v) is 7.90. The average Bonchev–Trinajstić information content (AvgIpc) is 2.45. The van der Waals surface area contributed by atoms with Crippen molar-refractivity contribution in [2.24, 2.45) is 0 Å². The summed E-state index contributed by atoms with van der Waals surface area (Å²) in [5.74, 6) is 0.812. The van der Waals surface area contributed by atoms with Crippen LogP contribution < -0.4 is 11.2 Å². The molecule has 1 unspecified atom stereocenters. The van der Waals surface area contributed by atoms with E-state index in [0.717, 1.165) is 5.75 Å². The monoisotopic (exact) mass is 316 g/mol. The van der Waals surface area contributed by atoms with E-state index in [1.54, 1.807) is 18.7 Å². The molecule has 7 nitrogen and oxygen atoms in total. The van der Waals surface area contributed by atoms with Crippen LogP contribution in [0.2, 0.25) is 0 Å². The number of aliphatic hydroxyl groups is 2. The summed E-state index contributed by atoms with van der Waals surface area (Å²) in [6.45, 7) is 3.26. The van der Waals surface area contributed by atoms with Gasteiger partial charge in [-0.15, -0.1) is 0 Å². The van der Waals surface area contributed by atoms with Crippen LogP contribution in [0.3, 0.4) is 0 Å². The molecule has 0 saturated carbocycles. The molecule has 0 radical (unpaired) electrons. The van der Waals surface area contributed by atoms with Gasteiger partial charge in [0.2, 0.25) is 0 Å². The normalized spacial score (nSPS) is 29.5. The fraction of sp³-hybridized carbons (Fsp3) is 0.692. The minimum atomic E-state index is -0.782. The van der Waals surface area contributed by atoms with Crippen molar-refractivity contribution in [1.82, 2.24) is 9.55 Å². The highest BCUT2D eigenvalue weighted by Gasteiger charge is 2.38. The van der Waals surface area contributed by atoms with Gasteiger partial charge in [-0.1, -0.05) is 6.92 Å². The highest BCUT2D eigenvalue weighted by molar-refractivity contribution is 7.99. The Morgan fingerprint density at radius 3 is 2.86 bits per heavy atom. The highest BCUT2D eigenvalue weighted by Crippen LogP contribution is 2.33. The summed E-state index contributed by atoms with van der Waals surface area (Å²) in [7, 11) is 0. The zero-order valence-corrected chi connectivity index (χ0v) is 12.8. The topological polar surface area (TPSA) is 105 Å². The van der Waals surface area contributed by atoms with E-state index in [4.69, 9.17) is 4.74 Å². The minimum Gasteiger partial charge on any atom is -0.394 e. The van der Waals surface area contributed by atoms with E-state index < -0.39 is 29.7 Å². The van der Waals surface area contributed by atoms with E-state index in [2.05, 4.69) is 4.98 Å². The largest absolute Gasteiger partial charge is 0.394 e. The van der Waals surface area contributed by atoms with Crippen LogP contribution in [0.1, 0.15) is 25.1 Å². The molecular formula is C13H20N2O5S. The maximum Gasteiger partial charge on any atom is 0.330 e. The van der Waals surface area contributed by atoms with Crippen molar-refractivity contribution in [3.8, 4) is 0 Å². The molecule has 118 valence electrons. The maximum atomic E-state index is 11.9. The SMILES string of the molecule is CCS[C@@H]1CC(n2cc(C)c(=O)[nH]c2=O)O[C@H](CO)[C@H]1O. The second kappa shape index (κ2) is 6.78. The maximum absolute atomic E-state index is 11.9. The molecule has 21 heavy (non-hydrogen) atoms. The van der Waals surface area contributed by atoms with Crippen LogP contribution in [0.15, 0.2) is 15.8 Å². The van der Waals surface area contributed by atoms with Gasteiger partial charge >= 0.3 is 5.69 Å². The molecule has 1 aromatic heterocycles. The van der Waals surface area contributed by atoms with Crippen LogP contribution in [-0.4, -0.2) is 49.6 Å². The number of aromatic nitrogens is 2. The van der Waals surface area contributed by atoms with Gasteiger partial charge in [0.1, 0.15) is 12.3 Å². The molecule has 1 aliphatic heterocycles. The number of rotatable bonds is 4. The molecule has 1 aromatic rings. The van der Waals surface area contributed by atoms with Gasteiger partial charge in [0.05, 0.1) is 12.7 Å². The number of aliphatic hydroxyl groups excluding tert-OH is 2. The van der Waals surface area contributed by atoms with Crippen LogP contribution in [0.25, 0.3) is 0 Å². The zero-order valence-electron chi connectivity index (χ0n) is 12.0. The lowest BCUT2D eigenvalue weighted by Crippen LogP contribution is -2.49. The Bertz CT molecular complexity index is 599. The number of ether oxygens (including phenoxy) is 1. The second-order valence-electron chi connectivity index (χ2n) is 5.01. The predicted molar refractivity (Wildman–Crippen MR) is 79.6 cm³/mol. The molecule has 1 fully saturated rings. The van der Waals surface area contributed by atoms with Gasteiger partial charge in [-0.3, -0.25) is 14.3 Å². The van der Waals surface area contributed by atoms with Gasteiger partial charge in [0.15, 0.2) is 0 Å². The van der Waals surface area contributed by atoms with Crippen LogP contribution in [0.5, 0.6) is 0 Å². The first kappa shape index (κ1) is 16.3. The van der Waals surface area contributed by atoms with Crippen molar-refractivity contribution >= 4 is 11.8 Å². The molecule has 0 bridgehead atoms. The summed E-state index contributed by atoms with van der Waals surface area (Å²) < 4.78 is 6.93. The molecule has 0 amide bonds. The van der Waals surface area contributed by atoms with Crippen molar-refractivity contribution in [2.75, 3.05) is 12.4 Å². The van der Waals surface area contributed by atoms with Crippen LogP contribution in [0.4, 0.5) is 0 Å². The van der Waals surface area contributed by atoms with E-state index in [9.17, 15) is 19.8 Å². The lowest BCUT2D eigenvalue weighted by atomic mass is 10.0. The lowest BCUT2D eigenvalue weighted by Gasteiger charge is -2.38. The molecule has 2 rings (SSSR count). The number of hydrogen-bond donors (Lipinski definition) is 3. The van der Waals surface area contributed by atoms with Crippen molar-refractivity contribution in [3.05, 3.63) is 32.6 Å². The summed E-state index contributed by atoms with van der Waals surface area (Å²) in [6, 6.07) is 0. The van der Waals surface area contributed by atoms with Crippen molar-refractivity contribution in [1.29, 1.82) is 0 Å². The van der Waals surface area contributed by atoms with Gasteiger partial charge in [-0.25, -0.2) is 4.79 Å². The first-order chi connectivity index (χ1) is 9.97. The van der Waals surface area contributed by atoms with E-state index in [0.29, 0.717) is 12.0 Å². The molecule has 1 saturated heterocycles. The Morgan fingerprint density at radius 1 is 1.52 bits per heavy atom. The van der Waals surface area contributed by atoms with Gasteiger partial charge in [0, 0.05) is 23.4 Å². The second-order valence-corrected chi connectivity index (χ2v) is 6.53. The van der Waals surface area contributed by atoms with Gasteiger partial charge < -0.3 is 14.9 Å². The average molecular weight is 316 g/mol. The Morgan fingerprint density at radius 2 is 2.24 bits per heavy atom. The van der Waals surface area contributed by atoms with Crippen LogP contribution >= 0.6 is 11.8 Å². The summed E-state index contributed by atoms with van der Waals surface area (Å²) in [4.78, 5) is 25.6. The lowest BCUT2D eigenvalue weighted by molar-refractivity contribution is -0.157. The predicted octanol–water partition coefficient (Wildman–Crippen LogP) is -0.393. The van der Waals surface area contributed by atoms with Gasteiger partial charge in [-0.2, -0.15) is 11.8 Å². The Kier molecular flexibility index (Phi) is 5.26. The quantitative estimate of drug-likeness (QED) is 0.699. The molecular weight excluding hydrogens is 296 g/mol. The van der Waals surface area contributed by atoms with Crippen LogP contribution in [0, 0.1) is 6.92 Å². The third-order valence-electron chi connectivity index (χ3n) is 3.54. The number of aryl methyl sites for hydroxylation is 1. The molecule has 2 heterocycles. The van der Waals surface area contributed by atoms with Gasteiger partial charge in [-0.05, 0) is 12.7 Å². The number of aromatic amines is 1. The van der Waals surface area contributed by atoms with E-state index in [1.165, 1.54) is 10.8 Å².